The summed E-state index contributed by atoms with van der Waals surface area (Å²) in [6, 6.07) is 19.9. The number of carbonyl (C=O) groups is 2. The molecule has 3 nitrogen and oxygen atoms in total. The zero-order valence-electron chi connectivity index (χ0n) is 21.0. The van der Waals surface area contributed by atoms with E-state index in [2.05, 4.69) is 25.1 Å². The quantitative estimate of drug-likeness (QED) is 0.165. The van der Waals surface area contributed by atoms with E-state index in [0.717, 1.165) is 52.2 Å². The Bertz CT molecular complexity index is 1180. The largest absolute Gasteiger partial charge is 0.494 e. The van der Waals surface area contributed by atoms with Gasteiger partial charge in [0, 0.05) is 11.1 Å². The number of rotatable bonds is 11. The summed E-state index contributed by atoms with van der Waals surface area (Å²) in [5.41, 5.74) is 7.68. The van der Waals surface area contributed by atoms with Crippen LogP contribution in [-0.4, -0.2) is 18.2 Å². The second kappa shape index (κ2) is 11.3. The van der Waals surface area contributed by atoms with Crippen LogP contribution in [0.15, 0.2) is 60.7 Å². The van der Waals surface area contributed by atoms with Crippen molar-refractivity contribution in [3.8, 4) is 16.9 Å². The van der Waals surface area contributed by atoms with Crippen LogP contribution < -0.4 is 4.74 Å². The van der Waals surface area contributed by atoms with Crippen LogP contribution in [0.1, 0.15) is 96.7 Å². The molecule has 0 fully saturated rings. The molecule has 35 heavy (non-hydrogen) atoms. The minimum absolute atomic E-state index is 0.0411. The van der Waals surface area contributed by atoms with E-state index in [1.807, 2.05) is 48.5 Å². The summed E-state index contributed by atoms with van der Waals surface area (Å²) < 4.78 is 5.94. The minimum Gasteiger partial charge on any atom is -0.494 e. The van der Waals surface area contributed by atoms with Crippen molar-refractivity contribution < 1.29 is 14.3 Å². The van der Waals surface area contributed by atoms with Crippen LogP contribution in [-0.2, 0) is 0 Å². The van der Waals surface area contributed by atoms with Gasteiger partial charge in [0.1, 0.15) is 5.75 Å². The van der Waals surface area contributed by atoms with Gasteiger partial charge in [0.05, 0.1) is 6.61 Å². The van der Waals surface area contributed by atoms with Gasteiger partial charge >= 0.3 is 0 Å². The fourth-order valence-corrected chi connectivity index (χ4v) is 4.64. The molecule has 1 aliphatic rings. The lowest BCUT2D eigenvalue weighted by Crippen LogP contribution is -1.97. The van der Waals surface area contributed by atoms with E-state index >= 15 is 0 Å². The number of ether oxygens (including phenoxy) is 1. The van der Waals surface area contributed by atoms with Crippen LogP contribution in [0.4, 0.5) is 0 Å². The van der Waals surface area contributed by atoms with Crippen molar-refractivity contribution >= 4 is 23.2 Å². The highest BCUT2D eigenvalue weighted by Crippen LogP contribution is 2.46. The van der Waals surface area contributed by atoms with Crippen LogP contribution in [0.5, 0.6) is 5.75 Å². The average Bonchev–Trinajstić information content (AvgIpc) is 3.16. The Morgan fingerprint density at radius 1 is 0.686 bits per heavy atom. The highest BCUT2D eigenvalue weighted by molar-refractivity contribution is 6.09. The molecule has 0 spiro atoms. The van der Waals surface area contributed by atoms with Crippen molar-refractivity contribution in [1.29, 1.82) is 0 Å². The first-order chi connectivity index (χ1) is 17.0. The molecule has 0 atom stereocenters. The summed E-state index contributed by atoms with van der Waals surface area (Å²) in [6.07, 6.45) is 9.62. The van der Waals surface area contributed by atoms with Gasteiger partial charge in [-0.15, -0.1) is 0 Å². The molecule has 0 N–H and O–H groups in total. The molecule has 0 unspecified atom stereocenters. The Morgan fingerprint density at radius 3 is 1.77 bits per heavy atom. The van der Waals surface area contributed by atoms with Crippen LogP contribution >= 0.6 is 0 Å². The predicted molar refractivity (Wildman–Crippen MR) is 144 cm³/mol. The van der Waals surface area contributed by atoms with Gasteiger partial charge in [0.2, 0.25) is 0 Å². The van der Waals surface area contributed by atoms with E-state index in [9.17, 15) is 9.59 Å². The first-order valence-corrected chi connectivity index (χ1v) is 12.7. The lowest BCUT2D eigenvalue weighted by molar-refractivity contribution is 0.100. The second-order valence-electron chi connectivity index (χ2n) is 9.38. The Labute approximate surface area is 208 Å². The fraction of sp³-hybridized carbons (Fsp3) is 0.312. The first-order valence-electron chi connectivity index (χ1n) is 12.7. The Hall–Kier alpha value is -3.46. The lowest BCUT2D eigenvalue weighted by Gasteiger charge is -2.08. The summed E-state index contributed by atoms with van der Waals surface area (Å²) in [4.78, 5) is 24.1. The van der Waals surface area contributed by atoms with Gasteiger partial charge < -0.3 is 4.74 Å². The molecular weight excluding hydrogens is 432 g/mol. The first kappa shape index (κ1) is 24.7. The maximum atomic E-state index is 12.1. The molecule has 0 heterocycles. The van der Waals surface area contributed by atoms with Crippen LogP contribution in [0, 0.1) is 0 Å². The Balaban J connectivity index is 1.57. The number of unbranched alkanes of at least 4 members (excludes halogenated alkanes) is 5. The van der Waals surface area contributed by atoms with Gasteiger partial charge in [-0.3, -0.25) is 9.59 Å². The number of ketones is 2. The van der Waals surface area contributed by atoms with E-state index < -0.39 is 0 Å². The molecule has 1 aliphatic carbocycles. The second-order valence-corrected chi connectivity index (χ2v) is 9.38. The number of benzene rings is 3. The molecule has 0 radical (unpaired) electrons. The third-order valence-corrected chi connectivity index (χ3v) is 6.68. The van der Waals surface area contributed by atoms with E-state index in [1.165, 1.54) is 32.1 Å². The molecule has 3 heteroatoms. The highest BCUT2D eigenvalue weighted by Gasteiger charge is 2.25. The van der Waals surface area contributed by atoms with Crippen molar-refractivity contribution in [3.05, 3.63) is 88.5 Å². The van der Waals surface area contributed by atoms with Crippen LogP contribution in [0.25, 0.3) is 22.8 Å². The predicted octanol–water partition coefficient (Wildman–Crippen LogP) is 8.40. The molecule has 0 aromatic heterocycles. The zero-order valence-corrected chi connectivity index (χ0v) is 21.0. The van der Waals surface area contributed by atoms with Crippen molar-refractivity contribution in [1.82, 2.24) is 0 Å². The van der Waals surface area contributed by atoms with Gasteiger partial charge in [-0.2, -0.15) is 0 Å². The standard InChI is InChI=1S/C32H34O3/c1-4-5-6-7-8-9-18-35-27-14-10-24(11-15-27)19-30-31-20-25(22(2)33)12-16-28(31)29-17-13-26(23(3)34)21-32(29)30/h10-17,19-21H,4-9,18H2,1-3H3. The molecular formula is C32H34O3. The van der Waals surface area contributed by atoms with E-state index in [1.54, 1.807) is 13.8 Å². The third kappa shape index (κ3) is 5.79. The van der Waals surface area contributed by atoms with Crippen molar-refractivity contribution in [2.75, 3.05) is 6.61 Å². The fourth-order valence-electron chi connectivity index (χ4n) is 4.64. The number of hydrogen-bond donors (Lipinski definition) is 0. The zero-order chi connectivity index (χ0) is 24.8. The van der Waals surface area contributed by atoms with Crippen molar-refractivity contribution in [3.63, 3.8) is 0 Å². The topological polar surface area (TPSA) is 43.4 Å². The van der Waals surface area contributed by atoms with Crippen LogP contribution in [0.2, 0.25) is 0 Å². The number of carbonyl (C=O) groups excluding carboxylic acids is 2. The molecule has 0 saturated carbocycles. The average molecular weight is 467 g/mol. The normalized spacial score (nSPS) is 11.7. The van der Waals surface area contributed by atoms with E-state index in [-0.39, 0.29) is 11.6 Å². The summed E-state index contributed by atoms with van der Waals surface area (Å²) in [5.74, 6) is 0.962. The summed E-state index contributed by atoms with van der Waals surface area (Å²) in [7, 11) is 0. The van der Waals surface area contributed by atoms with Gasteiger partial charge in [-0.05, 0) is 84.0 Å². The maximum absolute atomic E-state index is 12.1. The third-order valence-electron chi connectivity index (χ3n) is 6.68. The number of fused-ring (bicyclic) bond motifs is 3. The summed E-state index contributed by atoms with van der Waals surface area (Å²) in [6.45, 7) is 6.16. The molecule has 3 aromatic carbocycles. The Kier molecular flexibility index (Phi) is 7.97. The van der Waals surface area contributed by atoms with Crippen LogP contribution in [0.3, 0.4) is 0 Å². The summed E-state index contributed by atoms with van der Waals surface area (Å²) in [5, 5.41) is 0. The minimum atomic E-state index is 0.0411. The van der Waals surface area contributed by atoms with Gasteiger partial charge in [-0.1, -0.05) is 75.4 Å². The van der Waals surface area contributed by atoms with Gasteiger partial charge in [0.15, 0.2) is 11.6 Å². The molecule has 0 amide bonds. The Morgan fingerprint density at radius 2 is 1.23 bits per heavy atom. The molecule has 180 valence electrons. The van der Waals surface area contributed by atoms with E-state index in [4.69, 9.17) is 4.74 Å². The summed E-state index contributed by atoms with van der Waals surface area (Å²) >= 11 is 0. The molecule has 0 bridgehead atoms. The monoisotopic (exact) mass is 466 g/mol. The maximum Gasteiger partial charge on any atom is 0.159 e. The smallest absolute Gasteiger partial charge is 0.159 e. The molecule has 3 aromatic rings. The van der Waals surface area contributed by atoms with Gasteiger partial charge in [0.25, 0.3) is 0 Å². The molecule has 4 rings (SSSR count). The van der Waals surface area contributed by atoms with Crippen molar-refractivity contribution in [2.45, 2.75) is 59.3 Å². The van der Waals surface area contributed by atoms with Gasteiger partial charge in [-0.25, -0.2) is 0 Å². The molecule has 0 aliphatic heterocycles. The highest BCUT2D eigenvalue weighted by atomic mass is 16.5. The number of hydrogen-bond acceptors (Lipinski definition) is 3. The van der Waals surface area contributed by atoms with Crippen molar-refractivity contribution in [2.24, 2.45) is 0 Å². The van der Waals surface area contributed by atoms with E-state index in [0.29, 0.717) is 11.1 Å². The SMILES string of the molecule is CCCCCCCCOc1ccc(C=C2c3cc(C(C)=O)ccc3-c3ccc(C(C)=O)cc32)cc1. The lowest BCUT2D eigenvalue weighted by atomic mass is 9.97. The number of Topliss-reactive ketones (excluding diaryl/α,β-unsaturated/α-hetero) is 2. The molecule has 0 saturated heterocycles.